The summed E-state index contributed by atoms with van der Waals surface area (Å²) in [4.78, 5) is 16.3. The van der Waals surface area contributed by atoms with Crippen LogP contribution in [0.2, 0.25) is 0 Å². The lowest BCUT2D eigenvalue weighted by Crippen LogP contribution is -2.23. The summed E-state index contributed by atoms with van der Waals surface area (Å²) in [5.74, 6) is 0.822. The van der Waals surface area contributed by atoms with E-state index in [1.54, 1.807) is 13.3 Å². The van der Waals surface area contributed by atoms with Gasteiger partial charge in [0.15, 0.2) is 0 Å². The van der Waals surface area contributed by atoms with E-state index in [4.69, 9.17) is 4.74 Å². The fraction of sp³-hybridized carbons (Fsp3) is 0.235. The van der Waals surface area contributed by atoms with E-state index in [1.165, 1.54) is 5.01 Å². The second-order valence-electron chi connectivity index (χ2n) is 5.04. The summed E-state index contributed by atoms with van der Waals surface area (Å²) in [5, 5.41) is 5.98. The molecule has 1 aromatic carbocycles. The van der Waals surface area contributed by atoms with E-state index >= 15 is 0 Å². The predicted molar refractivity (Wildman–Crippen MR) is 83.8 cm³/mol. The Morgan fingerprint density at radius 3 is 2.68 bits per heavy atom. The van der Waals surface area contributed by atoms with Crippen molar-refractivity contribution in [2.45, 2.75) is 12.8 Å². The van der Waals surface area contributed by atoms with Crippen molar-refractivity contribution in [1.82, 2.24) is 9.99 Å². The first-order chi connectivity index (χ1) is 10.8. The normalized spacial score (nSPS) is 14.1. The molecule has 0 N–H and O–H groups in total. The predicted octanol–water partition coefficient (Wildman–Crippen LogP) is 2.27. The number of aromatic nitrogens is 1. The van der Waals surface area contributed by atoms with Crippen LogP contribution < -0.4 is 4.74 Å². The van der Waals surface area contributed by atoms with Crippen molar-refractivity contribution >= 4 is 11.6 Å². The van der Waals surface area contributed by atoms with Crippen molar-refractivity contribution in [3.8, 4) is 5.75 Å². The van der Waals surface area contributed by atoms with Crippen molar-refractivity contribution in [3.63, 3.8) is 0 Å². The van der Waals surface area contributed by atoms with Gasteiger partial charge in [-0.15, -0.1) is 0 Å². The number of ether oxygens (including phenoxy) is 1. The third-order valence-corrected chi connectivity index (χ3v) is 3.58. The van der Waals surface area contributed by atoms with Crippen LogP contribution in [0, 0.1) is 0 Å². The molecule has 1 amide bonds. The molecule has 0 aliphatic carbocycles. The van der Waals surface area contributed by atoms with Gasteiger partial charge in [-0.05, 0) is 42.0 Å². The van der Waals surface area contributed by atoms with Gasteiger partial charge in [-0.1, -0.05) is 6.07 Å². The SMILES string of the molecule is COc1ccc(C2=NN(CCc3ccccn3)C(=O)C2)cc1. The zero-order valence-electron chi connectivity index (χ0n) is 12.4. The van der Waals surface area contributed by atoms with Gasteiger partial charge in [0.2, 0.25) is 5.91 Å². The quantitative estimate of drug-likeness (QED) is 0.850. The summed E-state index contributed by atoms with van der Waals surface area (Å²) in [6, 6.07) is 13.4. The minimum atomic E-state index is 0.0294. The summed E-state index contributed by atoms with van der Waals surface area (Å²) >= 11 is 0. The number of methoxy groups -OCH3 is 1. The van der Waals surface area contributed by atoms with Crippen LogP contribution in [0.3, 0.4) is 0 Å². The van der Waals surface area contributed by atoms with Gasteiger partial charge in [0, 0.05) is 18.3 Å². The fourth-order valence-corrected chi connectivity index (χ4v) is 2.36. The topological polar surface area (TPSA) is 54.8 Å². The summed E-state index contributed by atoms with van der Waals surface area (Å²) in [6.07, 6.45) is 2.80. The highest BCUT2D eigenvalue weighted by Crippen LogP contribution is 2.18. The number of hydrazone groups is 1. The van der Waals surface area contributed by atoms with Crippen LogP contribution in [0.15, 0.2) is 53.8 Å². The van der Waals surface area contributed by atoms with Crippen LogP contribution in [0.4, 0.5) is 0 Å². The summed E-state index contributed by atoms with van der Waals surface area (Å²) in [7, 11) is 1.63. The molecule has 5 heteroatoms. The van der Waals surface area contributed by atoms with Gasteiger partial charge >= 0.3 is 0 Å². The number of nitrogens with zero attached hydrogens (tertiary/aromatic N) is 3. The van der Waals surface area contributed by atoms with Crippen molar-refractivity contribution in [2.75, 3.05) is 13.7 Å². The Bertz CT molecular complexity index is 681. The molecule has 3 rings (SSSR count). The molecule has 1 aliphatic heterocycles. The minimum absolute atomic E-state index is 0.0294. The number of carbonyl (C=O) groups excluding carboxylic acids is 1. The number of hydrogen-bond donors (Lipinski definition) is 0. The lowest BCUT2D eigenvalue weighted by Gasteiger charge is -2.10. The Morgan fingerprint density at radius 2 is 2.00 bits per heavy atom. The van der Waals surface area contributed by atoms with Gasteiger partial charge in [0.05, 0.1) is 25.8 Å². The van der Waals surface area contributed by atoms with E-state index in [-0.39, 0.29) is 5.91 Å². The first kappa shape index (κ1) is 14.3. The molecule has 0 bridgehead atoms. The van der Waals surface area contributed by atoms with E-state index < -0.39 is 0 Å². The number of amides is 1. The lowest BCUT2D eigenvalue weighted by molar-refractivity contribution is -0.128. The monoisotopic (exact) mass is 295 g/mol. The van der Waals surface area contributed by atoms with Crippen LogP contribution in [-0.2, 0) is 11.2 Å². The maximum absolute atomic E-state index is 12.1. The van der Waals surface area contributed by atoms with Gasteiger partial charge in [-0.25, -0.2) is 5.01 Å². The zero-order valence-corrected chi connectivity index (χ0v) is 12.4. The molecule has 0 saturated carbocycles. The first-order valence-corrected chi connectivity index (χ1v) is 7.18. The highest BCUT2D eigenvalue weighted by molar-refractivity contribution is 6.13. The number of benzene rings is 1. The Kier molecular flexibility index (Phi) is 4.14. The van der Waals surface area contributed by atoms with E-state index in [0.717, 1.165) is 22.7 Å². The van der Waals surface area contributed by atoms with Gasteiger partial charge in [0.25, 0.3) is 0 Å². The molecule has 0 unspecified atom stereocenters. The van der Waals surface area contributed by atoms with Crippen LogP contribution >= 0.6 is 0 Å². The van der Waals surface area contributed by atoms with Crippen LogP contribution in [0.5, 0.6) is 5.75 Å². The molecular weight excluding hydrogens is 278 g/mol. The highest BCUT2D eigenvalue weighted by atomic mass is 16.5. The fourth-order valence-electron chi connectivity index (χ4n) is 2.36. The summed E-state index contributed by atoms with van der Waals surface area (Å²) in [5.41, 5.74) is 2.71. The van der Waals surface area contributed by atoms with Gasteiger partial charge < -0.3 is 4.74 Å². The molecule has 5 nitrogen and oxygen atoms in total. The third kappa shape index (κ3) is 3.14. The molecule has 2 heterocycles. The maximum atomic E-state index is 12.1. The largest absolute Gasteiger partial charge is 0.497 e. The van der Waals surface area contributed by atoms with Crippen LogP contribution in [0.25, 0.3) is 0 Å². The Labute approximate surface area is 129 Å². The standard InChI is InChI=1S/C17H17N3O2/c1-22-15-7-5-13(6-8-15)16-12-17(21)20(19-16)11-9-14-4-2-3-10-18-14/h2-8,10H,9,11-12H2,1H3. The molecular formula is C17H17N3O2. The average molecular weight is 295 g/mol. The van der Waals surface area contributed by atoms with E-state index in [1.807, 2.05) is 42.5 Å². The maximum Gasteiger partial charge on any atom is 0.248 e. The lowest BCUT2D eigenvalue weighted by atomic mass is 10.1. The molecule has 1 aliphatic rings. The second kappa shape index (κ2) is 6.39. The number of hydrogen-bond acceptors (Lipinski definition) is 4. The van der Waals surface area contributed by atoms with Crippen molar-refractivity contribution < 1.29 is 9.53 Å². The van der Waals surface area contributed by atoms with E-state index in [0.29, 0.717) is 19.4 Å². The van der Waals surface area contributed by atoms with Crippen LogP contribution in [0.1, 0.15) is 17.7 Å². The first-order valence-electron chi connectivity index (χ1n) is 7.18. The summed E-state index contributed by atoms with van der Waals surface area (Å²) in [6.45, 7) is 0.551. The van der Waals surface area contributed by atoms with Crippen molar-refractivity contribution in [3.05, 3.63) is 59.9 Å². The Hall–Kier alpha value is -2.69. The molecule has 22 heavy (non-hydrogen) atoms. The van der Waals surface area contributed by atoms with Crippen molar-refractivity contribution in [1.29, 1.82) is 0 Å². The smallest absolute Gasteiger partial charge is 0.248 e. The highest BCUT2D eigenvalue weighted by Gasteiger charge is 2.24. The molecule has 0 fully saturated rings. The third-order valence-electron chi connectivity index (χ3n) is 3.58. The van der Waals surface area contributed by atoms with Gasteiger partial charge in [-0.3, -0.25) is 9.78 Å². The van der Waals surface area contributed by atoms with Gasteiger partial charge in [0.1, 0.15) is 5.75 Å². The van der Waals surface area contributed by atoms with Crippen LogP contribution in [-0.4, -0.2) is 35.3 Å². The summed E-state index contributed by atoms with van der Waals surface area (Å²) < 4.78 is 5.14. The number of carbonyl (C=O) groups is 1. The Morgan fingerprint density at radius 1 is 1.18 bits per heavy atom. The van der Waals surface area contributed by atoms with E-state index in [2.05, 4.69) is 10.1 Å². The van der Waals surface area contributed by atoms with Gasteiger partial charge in [-0.2, -0.15) is 5.10 Å². The average Bonchev–Trinajstić information content (AvgIpc) is 2.95. The molecule has 0 saturated heterocycles. The number of pyridine rings is 1. The van der Waals surface area contributed by atoms with Crippen molar-refractivity contribution in [2.24, 2.45) is 5.10 Å². The molecule has 0 spiro atoms. The molecule has 2 aromatic rings. The molecule has 0 atom stereocenters. The minimum Gasteiger partial charge on any atom is -0.497 e. The zero-order chi connectivity index (χ0) is 15.4. The molecule has 0 radical (unpaired) electrons. The molecule has 112 valence electrons. The second-order valence-corrected chi connectivity index (χ2v) is 5.04. The number of rotatable bonds is 5. The van der Waals surface area contributed by atoms with E-state index in [9.17, 15) is 4.79 Å². The molecule has 1 aromatic heterocycles. The Balaban J connectivity index is 1.68.